The van der Waals surface area contributed by atoms with Crippen molar-refractivity contribution in [3.05, 3.63) is 48.7 Å². The maximum atomic E-state index is 13.6. The van der Waals surface area contributed by atoms with Gasteiger partial charge in [0.15, 0.2) is 11.6 Å². The van der Waals surface area contributed by atoms with Crippen LogP contribution in [0.1, 0.15) is 31.1 Å². The number of pyridine rings is 2. The van der Waals surface area contributed by atoms with Crippen LogP contribution in [0.2, 0.25) is 0 Å². The van der Waals surface area contributed by atoms with Crippen LogP contribution in [0.3, 0.4) is 0 Å². The average Bonchev–Trinajstić information content (AvgIpc) is 3.80. The molecule has 2 amide bonds. The molecule has 0 radical (unpaired) electrons. The minimum atomic E-state index is -0.699. The molecule has 1 aliphatic rings. The minimum absolute atomic E-state index is 0.0990. The summed E-state index contributed by atoms with van der Waals surface area (Å²) in [5.74, 6) is 0.171. The number of nitrogens with zero attached hydrogens (tertiary/aromatic N) is 11. The molecule has 0 atom stereocenters. The lowest BCUT2D eigenvalue weighted by Crippen LogP contribution is -2.51. The summed E-state index contributed by atoms with van der Waals surface area (Å²) in [6, 6.07) is 5.43. The molecule has 226 valence electrons. The van der Waals surface area contributed by atoms with E-state index in [1.165, 1.54) is 40.1 Å². The van der Waals surface area contributed by atoms with Crippen LogP contribution >= 0.6 is 0 Å². The third kappa shape index (κ3) is 5.18. The molecule has 6 heterocycles. The quantitative estimate of drug-likeness (QED) is 0.200. The van der Waals surface area contributed by atoms with Gasteiger partial charge in [-0.05, 0) is 22.6 Å². The van der Waals surface area contributed by atoms with Crippen LogP contribution in [0.15, 0.2) is 43.1 Å². The molecular weight excluding hydrogens is 570 g/mol. The average molecular weight is 600 g/mol. The summed E-state index contributed by atoms with van der Waals surface area (Å²) >= 11 is 0. The number of rotatable bonds is 7. The number of carbonyl (C=O) groups is 3. The Hall–Kier alpha value is -5.74. The Labute approximate surface area is 250 Å². The number of hydrogen-bond acceptors (Lipinski definition) is 12. The molecule has 17 nitrogen and oxygen atoms in total. The number of methoxy groups -OCH3 is 1. The predicted octanol–water partition coefficient (Wildman–Crippen LogP) is 1.04. The number of carbonyl (C=O) groups excluding carboxylic acids is 3. The molecule has 1 fully saturated rings. The fraction of sp³-hybridized carbons (Fsp3) is 0.333. The van der Waals surface area contributed by atoms with Crippen LogP contribution in [-0.2, 0) is 9.59 Å². The van der Waals surface area contributed by atoms with Gasteiger partial charge in [-0.1, -0.05) is 31.9 Å². The SMILES string of the molecule is COc1cnc(-n2cnc(NC(=O)C(C)(C)C)n2)c2[nH]cc(C(=O)C(=O)N3CCN(c4nnnn4-c4ccccn4)CC3)c12. The number of ether oxygens (including phenoxy) is 1. The fourth-order valence-electron chi connectivity index (χ4n) is 4.70. The molecular formula is C27H29N13O4. The van der Waals surface area contributed by atoms with Gasteiger partial charge in [-0.3, -0.25) is 19.7 Å². The number of piperazine rings is 1. The van der Waals surface area contributed by atoms with E-state index in [0.717, 1.165) is 0 Å². The van der Waals surface area contributed by atoms with Gasteiger partial charge in [-0.15, -0.1) is 5.10 Å². The second-order valence-corrected chi connectivity index (χ2v) is 11.0. The largest absolute Gasteiger partial charge is 0.494 e. The summed E-state index contributed by atoms with van der Waals surface area (Å²) in [7, 11) is 1.45. The summed E-state index contributed by atoms with van der Waals surface area (Å²) in [6.45, 7) is 6.74. The molecule has 5 aromatic rings. The molecule has 0 aromatic carbocycles. The topological polar surface area (TPSA) is 195 Å². The molecule has 0 aliphatic carbocycles. The van der Waals surface area contributed by atoms with E-state index in [9.17, 15) is 14.4 Å². The molecule has 0 spiro atoms. The van der Waals surface area contributed by atoms with Gasteiger partial charge in [0, 0.05) is 44.0 Å². The van der Waals surface area contributed by atoms with E-state index >= 15 is 0 Å². The van der Waals surface area contributed by atoms with Crippen LogP contribution in [-0.4, -0.2) is 106 Å². The lowest BCUT2D eigenvalue weighted by Gasteiger charge is -2.34. The van der Waals surface area contributed by atoms with Gasteiger partial charge in [-0.25, -0.2) is 9.97 Å². The number of hydrogen-bond donors (Lipinski definition) is 2. The highest BCUT2D eigenvalue weighted by Gasteiger charge is 2.32. The molecule has 5 aromatic heterocycles. The second kappa shape index (κ2) is 11.2. The number of amides is 2. The van der Waals surface area contributed by atoms with Gasteiger partial charge in [0.25, 0.3) is 17.6 Å². The lowest BCUT2D eigenvalue weighted by atomic mass is 9.96. The van der Waals surface area contributed by atoms with Crippen molar-refractivity contribution in [1.29, 1.82) is 0 Å². The van der Waals surface area contributed by atoms with E-state index in [4.69, 9.17) is 4.74 Å². The van der Waals surface area contributed by atoms with Crippen molar-refractivity contribution < 1.29 is 19.1 Å². The molecule has 6 rings (SSSR count). The van der Waals surface area contributed by atoms with Crippen molar-refractivity contribution in [1.82, 2.24) is 54.8 Å². The van der Waals surface area contributed by atoms with Crippen molar-refractivity contribution in [2.24, 2.45) is 5.41 Å². The number of nitrogens with one attached hydrogen (secondary N) is 2. The van der Waals surface area contributed by atoms with Crippen LogP contribution < -0.4 is 15.0 Å². The van der Waals surface area contributed by atoms with E-state index in [-0.39, 0.29) is 30.5 Å². The Morgan fingerprint density at radius 2 is 1.84 bits per heavy atom. The highest BCUT2D eigenvalue weighted by atomic mass is 16.5. The van der Waals surface area contributed by atoms with Crippen molar-refractivity contribution in [2.75, 3.05) is 43.5 Å². The van der Waals surface area contributed by atoms with Gasteiger partial charge < -0.3 is 19.5 Å². The van der Waals surface area contributed by atoms with Crippen molar-refractivity contribution in [2.45, 2.75) is 20.8 Å². The summed E-state index contributed by atoms with van der Waals surface area (Å²) < 4.78 is 8.39. The Morgan fingerprint density at radius 3 is 2.55 bits per heavy atom. The van der Waals surface area contributed by atoms with Crippen LogP contribution in [0.4, 0.5) is 11.9 Å². The van der Waals surface area contributed by atoms with E-state index < -0.39 is 17.1 Å². The molecule has 0 saturated carbocycles. The second-order valence-electron chi connectivity index (χ2n) is 11.0. The third-order valence-corrected chi connectivity index (χ3v) is 7.10. The zero-order chi connectivity index (χ0) is 31.0. The molecule has 0 bridgehead atoms. The van der Waals surface area contributed by atoms with Gasteiger partial charge in [0.1, 0.15) is 12.1 Å². The van der Waals surface area contributed by atoms with E-state index in [0.29, 0.717) is 47.3 Å². The van der Waals surface area contributed by atoms with E-state index in [1.54, 1.807) is 39.1 Å². The number of tetrazole rings is 1. The number of anilines is 2. The van der Waals surface area contributed by atoms with Gasteiger partial charge in [0.2, 0.25) is 11.9 Å². The van der Waals surface area contributed by atoms with Crippen LogP contribution in [0.5, 0.6) is 5.75 Å². The monoisotopic (exact) mass is 599 g/mol. The smallest absolute Gasteiger partial charge is 0.295 e. The third-order valence-electron chi connectivity index (χ3n) is 7.10. The number of H-pyrrole nitrogens is 1. The first-order valence-electron chi connectivity index (χ1n) is 13.7. The number of Topliss-reactive ketones (excluding diaryl/α,β-unsaturated/α-hetero) is 1. The first kappa shape index (κ1) is 28.4. The Balaban J connectivity index is 1.21. The maximum Gasteiger partial charge on any atom is 0.295 e. The summed E-state index contributed by atoms with van der Waals surface area (Å²) in [4.78, 5) is 58.7. The minimum Gasteiger partial charge on any atom is -0.494 e. The van der Waals surface area contributed by atoms with Crippen molar-refractivity contribution in [3.8, 4) is 17.4 Å². The number of fused-ring (bicyclic) bond motifs is 1. The first-order valence-corrected chi connectivity index (χ1v) is 13.7. The normalized spacial score (nSPS) is 13.7. The summed E-state index contributed by atoms with van der Waals surface area (Å²) in [5, 5.41) is 19.3. The highest BCUT2D eigenvalue weighted by molar-refractivity contribution is 6.45. The molecule has 0 unspecified atom stereocenters. The van der Waals surface area contributed by atoms with Gasteiger partial charge >= 0.3 is 0 Å². The molecule has 17 heteroatoms. The molecule has 2 N–H and O–H groups in total. The Kier molecular flexibility index (Phi) is 7.20. The van der Waals surface area contributed by atoms with Crippen LogP contribution in [0, 0.1) is 5.41 Å². The number of ketones is 1. The van der Waals surface area contributed by atoms with E-state index in [2.05, 4.69) is 45.9 Å². The summed E-state index contributed by atoms with van der Waals surface area (Å²) in [6.07, 6.45) is 5.93. The first-order chi connectivity index (χ1) is 21.2. The fourth-order valence-corrected chi connectivity index (χ4v) is 4.70. The maximum absolute atomic E-state index is 13.6. The van der Waals surface area contributed by atoms with Crippen molar-refractivity contribution in [3.63, 3.8) is 0 Å². The molecule has 1 saturated heterocycles. The van der Waals surface area contributed by atoms with Gasteiger partial charge in [0.05, 0.1) is 29.8 Å². The Bertz CT molecular complexity index is 1850. The molecule has 44 heavy (non-hydrogen) atoms. The standard InChI is InChI=1S/C27H29N13O4/c1-27(2,3)24(43)32-25-31-15-39(34-25)22-20-19(17(44-4)14-30-22)16(13-29-20)21(41)23(42)37-9-11-38(12-10-37)26-33-35-36-40(26)18-7-5-6-8-28-18/h5-8,13-15,29H,9-12H2,1-4H3,(H,32,34,43). The van der Waals surface area contributed by atoms with Crippen LogP contribution in [0.25, 0.3) is 22.5 Å². The van der Waals surface area contributed by atoms with Crippen molar-refractivity contribution >= 4 is 40.4 Å². The number of aromatic nitrogens is 10. The Morgan fingerprint density at radius 1 is 1.05 bits per heavy atom. The zero-order valence-corrected chi connectivity index (χ0v) is 24.4. The van der Waals surface area contributed by atoms with E-state index in [1.807, 2.05) is 11.0 Å². The molecule has 1 aliphatic heterocycles. The number of aromatic amines is 1. The highest BCUT2D eigenvalue weighted by Crippen LogP contribution is 2.32. The lowest BCUT2D eigenvalue weighted by molar-refractivity contribution is -0.126. The summed E-state index contributed by atoms with van der Waals surface area (Å²) in [5.41, 5.74) is -0.0972. The zero-order valence-electron chi connectivity index (χ0n) is 24.4. The predicted molar refractivity (Wildman–Crippen MR) is 156 cm³/mol. The van der Waals surface area contributed by atoms with Gasteiger partial charge in [-0.2, -0.15) is 14.3 Å².